The molecule has 1 aromatic heterocycles. The van der Waals surface area contributed by atoms with Crippen molar-refractivity contribution in [2.45, 2.75) is 13.3 Å². The Morgan fingerprint density at radius 2 is 2.32 bits per heavy atom. The van der Waals surface area contributed by atoms with Gasteiger partial charge in [0.1, 0.15) is 11.1 Å². The molecule has 2 N–H and O–H groups in total. The Balaban J connectivity index is 2.23. The number of rotatable bonds is 3. The molecule has 0 radical (unpaired) electrons. The lowest BCUT2D eigenvalue weighted by molar-refractivity contribution is -0.117. The lowest BCUT2D eigenvalue weighted by Gasteiger charge is -2.14. The first kappa shape index (κ1) is 14.0. The smallest absolute Gasteiger partial charge is 0.228 e. The summed E-state index contributed by atoms with van der Waals surface area (Å²) in [5.41, 5.74) is 0.451. The van der Waals surface area contributed by atoms with Crippen molar-refractivity contribution in [1.29, 1.82) is 5.26 Å². The molecule has 1 aliphatic rings. The van der Waals surface area contributed by atoms with E-state index in [9.17, 15) is 13.2 Å². The minimum atomic E-state index is -3.59. The molecular formula is C11H13N3O3S2. The number of nitrogens with zero attached hydrogens (tertiary/aromatic N) is 2. The van der Waals surface area contributed by atoms with Gasteiger partial charge in [0.15, 0.2) is 0 Å². The average molecular weight is 299 g/mol. The molecule has 102 valence electrons. The fourth-order valence-electron chi connectivity index (χ4n) is 2.20. The predicted octanol–water partition coefficient (Wildman–Crippen LogP) is 0.570. The second-order valence-corrected chi connectivity index (χ2v) is 7.49. The summed E-state index contributed by atoms with van der Waals surface area (Å²) in [6.45, 7) is 2.15. The fraction of sp³-hybridized carbons (Fsp3) is 0.455. The molecule has 0 aliphatic carbocycles. The minimum Gasteiger partial charge on any atom is -0.302 e. The highest BCUT2D eigenvalue weighted by Gasteiger charge is 2.34. The molecule has 2 rings (SSSR count). The van der Waals surface area contributed by atoms with Crippen molar-refractivity contribution < 1.29 is 13.2 Å². The summed E-state index contributed by atoms with van der Waals surface area (Å²) in [5.74, 6) is -0.676. The number of primary sulfonamides is 1. The van der Waals surface area contributed by atoms with Gasteiger partial charge in [-0.3, -0.25) is 4.79 Å². The monoisotopic (exact) mass is 299 g/mol. The summed E-state index contributed by atoms with van der Waals surface area (Å²) in [7, 11) is -3.59. The minimum absolute atomic E-state index is 0.151. The number of sulfonamides is 1. The van der Waals surface area contributed by atoms with E-state index in [1.807, 2.05) is 6.92 Å². The topological polar surface area (TPSA) is 104 Å². The molecule has 2 heterocycles. The zero-order valence-corrected chi connectivity index (χ0v) is 11.9. The van der Waals surface area contributed by atoms with Gasteiger partial charge in [-0.1, -0.05) is 0 Å². The van der Waals surface area contributed by atoms with Gasteiger partial charge in [0.2, 0.25) is 15.9 Å². The van der Waals surface area contributed by atoms with E-state index in [1.54, 1.807) is 6.07 Å². The highest BCUT2D eigenvalue weighted by atomic mass is 32.2. The summed E-state index contributed by atoms with van der Waals surface area (Å²) in [5, 5.41) is 14.6. The summed E-state index contributed by atoms with van der Waals surface area (Å²) in [6, 6.07) is 3.77. The molecule has 1 unspecified atom stereocenters. The van der Waals surface area contributed by atoms with E-state index in [0.29, 0.717) is 17.1 Å². The van der Waals surface area contributed by atoms with Crippen molar-refractivity contribution in [3.05, 3.63) is 16.5 Å². The van der Waals surface area contributed by atoms with Crippen molar-refractivity contribution in [1.82, 2.24) is 0 Å². The summed E-state index contributed by atoms with van der Waals surface area (Å²) < 4.78 is 22.1. The summed E-state index contributed by atoms with van der Waals surface area (Å²) in [6.07, 6.45) is 0.151. The van der Waals surface area contributed by atoms with Crippen LogP contribution in [0.25, 0.3) is 0 Å². The standard InChI is InChI=1S/C11H13N3O3S2/c1-7-2-9(4-12)11(18-7)14-5-8(3-10(14)15)6-19(13,16)17/h2,8H,3,5-6H2,1H3,(H2,13,16,17). The van der Waals surface area contributed by atoms with Gasteiger partial charge in [-0.25, -0.2) is 13.6 Å². The first-order chi connectivity index (χ1) is 8.80. The van der Waals surface area contributed by atoms with Crippen molar-refractivity contribution in [3.8, 4) is 6.07 Å². The van der Waals surface area contributed by atoms with Crippen LogP contribution in [-0.4, -0.2) is 26.6 Å². The van der Waals surface area contributed by atoms with Crippen LogP contribution in [0.2, 0.25) is 0 Å². The number of hydrogen-bond acceptors (Lipinski definition) is 5. The highest BCUT2D eigenvalue weighted by Crippen LogP contribution is 2.35. The summed E-state index contributed by atoms with van der Waals surface area (Å²) >= 11 is 1.36. The summed E-state index contributed by atoms with van der Waals surface area (Å²) in [4.78, 5) is 14.4. The number of anilines is 1. The third kappa shape index (κ3) is 3.12. The lowest BCUT2D eigenvalue weighted by atomic mass is 10.1. The van der Waals surface area contributed by atoms with E-state index in [2.05, 4.69) is 6.07 Å². The van der Waals surface area contributed by atoms with Crippen LogP contribution >= 0.6 is 11.3 Å². The molecule has 0 saturated carbocycles. The number of carbonyl (C=O) groups is 1. The van der Waals surface area contributed by atoms with Crippen LogP contribution in [0, 0.1) is 24.2 Å². The number of carbonyl (C=O) groups excluding carboxylic acids is 1. The van der Waals surface area contributed by atoms with Gasteiger partial charge in [-0.2, -0.15) is 5.26 Å². The molecule has 1 amide bonds. The maximum Gasteiger partial charge on any atom is 0.228 e. The predicted molar refractivity (Wildman–Crippen MR) is 72.2 cm³/mol. The van der Waals surface area contributed by atoms with Crippen molar-refractivity contribution in [3.63, 3.8) is 0 Å². The number of nitrogens with two attached hydrogens (primary N) is 1. The Kier molecular flexibility index (Phi) is 3.62. The molecular weight excluding hydrogens is 286 g/mol. The molecule has 1 saturated heterocycles. The second-order valence-electron chi connectivity index (χ2n) is 4.59. The van der Waals surface area contributed by atoms with Crippen molar-refractivity contribution in [2.75, 3.05) is 17.2 Å². The number of thiophene rings is 1. The van der Waals surface area contributed by atoms with E-state index in [4.69, 9.17) is 10.4 Å². The van der Waals surface area contributed by atoms with Crippen LogP contribution in [-0.2, 0) is 14.8 Å². The first-order valence-corrected chi connectivity index (χ1v) is 8.14. The molecule has 19 heavy (non-hydrogen) atoms. The van der Waals surface area contributed by atoms with Crippen molar-refractivity contribution in [2.24, 2.45) is 11.1 Å². The Labute approximate surface area is 115 Å². The largest absolute Gasteiger partial charge is 0.302 e. The Hall–Kier alpha value is -1.43. The zero-order chi connectivity index (χ0) is 14.2. The third-order valence-electron chi connectivity index (χ3n) is 2.87. The molecule has 8 heteroatoms. The van der Waals surface area contributed by atoms with E-state index < -0.39 is 10.0 Å². The van der Waals surface area contributed by atoms with Crippen LogP contribution in [0.15, 0.2) is 6.07 Å². The Morgan fingerprint density at radius 1 is 1.63 bits per heavy atom. The van der Waals surface area contributed by atoms with Gasteiger partial charge in [-0.05, 0) is 13.0 Å². The van der Waals surface area contributed by atoms with E-state index in [1.165, 1.54) is 16.2 Å². The van der Waals surface area contributed by atoms with Crippen LogP contribution in [0.3, 0.4) is 0 Å². The maximum absolute atomic E-state index is 11.9. The highest BCUT2D eigenvalue weighted by molar-refractivity contribution is 7.89. The van der Waals surface area contributed by atoms with Gasteiger partial charge < -0.3 is 4.90 Å². The fourth-order valence-corrected chi connectivity index (χ4v) is 4.06. The number of hydrogen-bond donors (Lipinski definition) is 1. The molecule has 6 nitrogen and oxygen atoms in total. The lowest BCUT2D eigenvalue weighted by Crippen LogP contribution is -2.27. The molecule has 1 aromatic rings. The van der Waals surface area contributed by atoms with Gasteiger partial charge in [0, 0.05) is 23.8 Å². The van der Waals surface area contributed by atoms with Gasteiger partial charge in [0.05, 0.1) is 11.3 Å². The quantitative estimate of drug-likeness (QED) is 0.880. The first-order valence-electron chi connectivity index (χ1n) is 5.61. The van der Waals surface area contributed by atoms with Crippen molar-refractivity contribution >= 4 is 32.3 Å². The maximum atomic E-state index is 11.9. The van der Waals surface area contributed by atoms with Crippen LogP contribution < -0.4 is 10.0 Å². The average Bonchev–Trinajstić information content (AvgIpc) is 2.79. The van der Waals surface area contributed by atoms with Crippen LogP contribution in [0.5, 0.6) is 0 Å². The van der Waals surface area contributed by atoms with Gasteiger partial charge in [0.25, 0.3) is 0 Å². The third-order valence-corrected chi connectivity index (χ3v) is 4.88. The molecule has 0 aromatic carbocycles. The normalized spacial score (nSPS) is 19.7. The van der Waals surface area contributed by atoms with Crippen LogP contribution in [0.1, 0.15) is 16.9 Å². The van der Waals surface area contributed by atoms with E-state index in [0.717, 1.165) is 4.88 Å². The Morgan fingerprint density at radius 3 is 2.89 bits per heavy atom. The van der Waals surface area contributed by atoms with E-state index >= 15 is 0 Å². The number of aryl methyl sites for hydroxylation is 1. The van der Waals surface area contributed by atoms with Gasteiger partial charge >= 0.3 is 0 Å². The zero-order valence-electron chi connectivity index (χ0n) is 10.3. The molecule has 1 aliphatic heterocycles. The van der Waals surface area contributed by atoms with E-state index in [-0.39, 0.29) is 24.0 Å². The number of nitriles is 1. The SMILES string of the molecule is Cc1cc(C#N)c(N2CC(CS(N)(=O)=O)CC2=O)s1. The number of amides is 1. The van der Waals surface area contributed by atoms with Crippen LogP contribution in [0.4, 0.5) is 5.00 Å². The Bertz CT molecular complexity index is 657. The molecule has 1 fully saturated rings. The van der Waals surface area contributed by atoms with Gasteiger partial charge in [-0.15, -0.1) is 11.3 Å². The molecule has 0 spiro atoms. The molecule has 1 atom stereocenters. The molecule has 0 bridgehead atoms. The second kappa shape index (κ2) is 4.92.